The summed E-state index contributed by atoms with van der Waals surface area (Å²) in [6.07, 6.45) is 5.63. The zero-order chi connectivity index (χ0) is 13.0. The lowest BCUT2D eigenvalue weighted by molar-refractivity contribution is 0.620. The van der Waals surface area contributed by atoms with Gasteiger partial charge in [0.15, 0.2) is 0 Å². The van der Waals surface area contributed by atoms with Crippen molar-refractivity contribution in [2.75, 3.05) is 17.2 Å². The highest BCUT2D eigenvalue weighted by Gasteiger charge is 2.21. The van der Waals surface area contributed by atoms with Crippen LogP contribution in [0.4, 0.5) is 11.4 Å². The van der Waals surface area contributed by atoms with Gasteiger partial charge < -0.3 is 10.6 Å². The highest BCUT2D eigenvalue weighted by Crippen LogP contribution is 2.29. The molecule has 0 heterocycles. The molecule has 0 unspecified atom stereocenters. The van der Waals surface area contributed by atoms with E-state index in [0.29, 0.717) is 12.5 Å². The molecular formula is C15H21N3. The minimum absolute atomic E-state index is 0.391. The second-order valence-corrected chi connectivity index (χ2v) is 4.94. The van der Waals surface area contributed by atoms with Gasteiger partial charge in [0.25, 0.3) is 0 Å². The number of hydrogen-bond acceptors (Lipinski definition) is 3. The van der Waals surface area contributed by atoms with Crippen LogP contribution in [0, 0.1) is 11.3 Å². The molecule has 0 saturated heterocycles. The second kappa shape index (κ2) is 5.77. The molecule has 1 aromatic rings. The van der Waals surface area contributed by atoms with Crippen molar-refractivity contribution in [3.05, 3.63) is 23.8 Å². The predicted octanol–water partition coefficient (Wildman–Crippen LogP) is 3.10. The number of nitrogen functional groups attached to an aromatic ring is 1. The molecule has 2 rings (SSSR count). The van der Waals surface area contributed by atoms with Crippen LogP contribution in [0.5, 0.6) is 0 Å². The van der Waals surface area contributed by atoms with Gasteiger partial charge in [0, 0.05) is 24.0 Å². The molecule has 1 saturated carbocycles. The van der Waals surface area contributed by atoms with Gasteiger partial charge in [0.1, 0.15) is 0 Å². The Morgan fingerprint density at radius 1 is 1.39 bits per heavy atom. The van der Waals surface area contributed by atoms with Gasteiger partial charge in [-0.3, -0.25) is 0 Å². The molecule has 1 aromatic carbocycles. The Kier molecular flexibility index (Phi) is 4.09. The first kappa shape index (κ1) is 12.8. The molecule has 0 amide bonds. The molecule has 0 aliphatic heterocycles. The number of nitrogens with two attached hydrogens (primary N) is 1. The van der Waals surface area contributed by atoms with E-state index in [1.807, 2.05) is 6.07 Å². The molecule has 3 nitrogen and oxygen atoms in total. The maximum atomic E-state index is 8.82. The summed E-state index contributed by atoms with van der Waals surface area (Å²) in [5.41, 5.74) is 8.79. The molecule has 1 aliphatic carbocycles. The Labute approximate surface area is 109 Å². The van der Waals surface area contributed by atoms with Gasteiger partial charge in [0.05, 0.1) is 12.5 Å². The van der Waals surface area contributed by atoms with Gasteiger partial charge in [0.2, 0.25) is 0 Å². The minimum Gasteiger partial charge on any atom is -0.398 e. The molecule has 0 aromatic heterocycles. The lowest BCUT2D eigenvalue weighted by atomic mass is 10.1. The molecular weight excluding hydrogens is 222 g/mol. The number of nitriles is 1. The van der Waals surface area contributed by atoms with E-state index in [1.54, 1.807) is 0 Å². The number of nitrogens with zero attached hydrogens (tertiary/aromatic N) is 2. The Morgan fingerprint density at radius 2 is 2.11 bits per heavy atom. The summed E-state index contributed by atoms with van der Waals surface area (Å²) >= 11 is 0. The second-order valence-electron chi connectivity index (χ2n) is 4.94. The number of hydrogen-bond donors (Lipinski definition) is 1. The van der Waals surface area contributed by atoms with Crippen LogP contribution in [0.3, 0.4) is 0 Å². The molecule has 0 spiro atoms. The maximum absolute atomic E-state index is 8.82. The highest BCUT2D eigenvalue weighted by atomic mass is 15.2. The van der Waals surface area contributed by atoms with Crippen LogP contribution >= 0.6 is 0 Å². The third-order valence-electron chi connectivity index (χ3n) is 3.83. The first-order chi connectivity index (χ1) is 8.76. The van der Waals surface area contributed by atoms with Gasteiger partial charge in [-0.1, -0.05) is 12.8 Å². The smallest absolute Gasteiger partial charge is 0.0670 e. The monoisotopic (exact) mass is 243 g/mol. The normalized spacial score (nSPS) is 15.6. The number of anilines is 2. The van der Waals surface area contributed by atoms with E-state index in [0.717, 1.165) is 17.8 Å². The van der Waals surface area contributed by atoms with E-state index in [4.69, 9.17) is 11.0 Å². The molecule has 2 N–H and O–H groups in total. The van der Waals surface area contributed by atoms with Crippen LogP contribution in [0.2, 0.25) is 0 Å². The summed E-state index contributed by atoms with van der Waals surface area (Å²) in [6, 6.07) is 8.94. The van der Waals surface area contributed by atoms with E-state index in [-0.39, 0.29) is 0 Å². The largest absolute Gasteiger partial charge is 0.398 e. The number of benzene rings is 1. The first-order valence-corrected chi connectivity index (χ1v) is 6.78. The third kappa shape index (κ3) is 2.59. The van der Waals surface area contributed by atoms with Crippen molar-refractivity contribution < 1.29 is 0 Å². The fourth-order valence-corrected chi connectivity index (χ4v) is 2.88. The van der Waals surface area contributed by atoms with Crippen molar-refractivity contribution in [2.24, 2.45) is 0 Å². The Bertz CT molecular complexity index is 442. The topological polar surface area (TPSA) is 53.0 Å². The van der Waals surface area contributed by atoms with Gasteiger partial charge in [-0.05, 0) is 43.5 Å². The third-order valence-corrected chi connectivity index (χ3v) is 3.83. The van der Waals surface area contributed by atoms with E-state index in [2.05, 4.69) is 30.0 Å². The summed E-state index contributed by atoms with van der Waals surface area (Å²) in [6.45, 7) is 3.21. The summed E-state index contributed by atoms with van der Waals surface area (Å²) < 4.78 is 0. The van der Waals surface area contributed by atoms with Crippen molar-refractivity contribution in [3.63, 3.8) is 0 Å². The zero-order valence-electron chi connectivity index (χ0n) is 11.0. The van der Waals surface area contributed by atoms with Gasteiger partial charge in [-0.25, -0.2) is 0 Å². The molecule has 18 heavy (non-hydrogen) atoms. The minimum atomic E-state index is 0.391. The standard InChI is InChI=1S/C15H21N3/c1-2-18(13-5-3-4-6-13)14-7-8-15(17)12(11-14)9-10-16/h7-8,11,13H,2-6,9,17H2,1H3. The quantitative estimate of drug-likeness (QED) is 0.827. The summed E-state index contributed by atoms with van der Waals surface area (Å²) in [4.78, 5) is 2.45. The van der Waals surface area contributed by atoms with E-state index in [1.165, 1.54) is 31.4 Å². The molecule has 0 radical (unpaired) electrons. The predicted molar refractivity (Wildman–Crippen MR) is 75.4 cm³/mol. The van der Waals surface area contributed by atoms with E-state index >= 15 is 0 Å². The molecule has 1 aliphatic rings. The Hall–Kier alpha value is -1.69. The van der Waals surface area contributed by atoms with Crippen molar-refractivity contribution in [1.82, 2.24) is 0 Å². The van der Waals surface area contributed by atoms with Crippen LogP contribution in [0.1, 0.15) is 38.2 Å². The van der Waals surface area contributed by atoms with Crippen molar-refractivity contribution in [1.29, 1.82) is 5.26 Å². The molecule has 96 valence electrons. The molecule has 1 fully saturated rings. The van der Waals surface area contributed by atoms with Crippen LogP contribution in [-0.4, -0.2) is 12.6 Å². The van der Waals surface area contributed by atoms with Gasteiger partial charge in [-0.15, -0.1) is 0 Å². The average molecular weight is 243 g/mol. The van der Waals surface area contributed by atoms with Crippen LogP contribution < -0.4 is 10.6 Å². The van der Waals surface area contributed by atoms with Crippen molar-refractivity contribution >= 4 is 11.4 Å². The van der Waals surface area contributed by atoms with Crippen LogP contribution in [0.25, 0.3) is 0 Å². The van der Waals surface area contributed by atoms with Crippen LogP contribution in [0.15, 0.2) is 18.2 Å². The summed E-state index contributed by atoms with van der Waals surface area (Å²) in [5.74, 6) is 0. The average Bonchev–Trinajstić information content (AvgIpc) is 2.88. The fraction of sp³-hybridized carbons (Fsp3) is 0.533. The Morgan fingerprint density at radius 3 is 2.72 bits per heavy atom. The van der Waals surface area contributed by atoms with Gasteiger partial charge >= 0.3 is 0 Å². The van der Waals surface area contributed by atoms with Crippen molar-refractivity contribution in [3.8, 4) is 6.07 Å². The number of rotatable bonds is 4. The maximum Gasteiger partial charge on any atom is 0.0670 e. The van der Waals surface area contributed by atoms with Crippen LogP contribution in [-0.2, 0) is 6.42 Å². The zero-order valence-corrected chi connectivity index (χ0v) is 11.0. The summed E-state index contributed by atoms with van der Waals surface area (Å²) in [5, 5.41) is 8.82. The fourth-order valence-electron chi connectivity index (χ4n) is 2.88. The summed E-state index contributed by atoms with van der Waals surface area (Å²) in [7, 11) is 0. The van der Waals surface area contributed by atoms with Gasteiger partial charge in [-0.2, -0.15) is 5.26 Å². The van der Waals surface area contributed by atoms with E-state index in [9.17, 15) is 0 Å². The molecule has 3 heteroatoms. The molecule has 0 bridgehead atoms. The Balaban J connectivity index is 2.25. The lowest BCUT2D eigenvalue weighted by Gasteiger charge is -2.30. The highest BCUT2D eigenvalue weighted by molar-refractivity contribution is 5.59. The van der Waals surface area contributed by atoms with Crippen molar-refractivity contribution in [2.45, 2.75) is 45.1 Å². The van der Waals surface area contributed by atoms with E-state index < -0.39 is 0 Å². The molecule has 0 atom stereocenters. The SMILES string of the molecule is CCN(c1ccc(N)c(CC#N)c1)C1CCCC1. The lowest BCUT2D eigenvalue weighted by Crippen LogP contribution is -2.33. The first-order valence-electron chi connectivity index (χ1n) is 6.78.